The molecule has 0 saturated carbocycles. The Morgan fingerprint density at radius 3 is 2.42 bits per heavy atom. The van der Waals surface area contributed by atoms with Gasteiger partial charge in [0, 0.05) is 12.1 Å². The van der Waals surface area contributed by atoms with Crippen LogP contribution in [0.4, 0.5) is 0 Å². The van der Waals surface area contributed by atoms with Gasteiger partial charge in [-0.25, -0.2) is 0 Å². The third-order valence-electron chi connectivity index (χ3n) is 2.66. The maximum absolute atomic E-state index is 12.3. The molecule has 0 bridgehead atoms. The normalized spacial score (nSPS) is 12.3. The first-order chi connectivity index (χ1) is 8.82. The lowest BCUT2D eigenvalue weighted by Gasteiger charge is -2.27. The van der Waals surface area contributed by atoms with Crippen molar-refractivity contribution in [2.75, 3.05) is 27.7 Å². The lowest BCUT2D eigenvalue weighted by Crippen LogP contribution is -2.40. The number of carboxylic acids is 1. The molecule has 0 aromatic heterocycles. The molecule has 1 aromatic rings. The van der Waals surface area contributed by atoms with Crippen molar-refractivity contribution in [2.24, 2.45) is 0 Å². The van der Waals surface area contributed by atoms with Crippen molar-refractivity contribution in [2.45, 2.75) is 6.04 Å². The highest BCUT2D eigenvalue weighted by molar-refractivity contribution is 6.30. The molecule has 19 heavy (non-hydrogen) atoms. The molecule has 1 atom stereocenters. The van der Waals surface area contributed by atoms with Gasteiger partial charge in [-0.15, -0.1) is 0 Å². The molecule has 1 aromatic carbocycles. The topological polar surface area (TPSA) is 60.9 Å². The highest BCUT2D eigenvalue weighted by Crippen LogP contribution is 2.23. The molecule has 5 nitrogen and oxygen atoms in total. The van der Waals surface area contributed by atoms with Gasteiger partial charge >= 0.3 is 5.97 Å². The zero-order chi connectivity index (χ0) is 14.6. The van der Waals surface area contributed by atoms with Gasteiger partial charge in [0.15, 0.2) is 0 Å². The fourth-order valence-electron chi connectivity index (χ4n) is 1.83. The van der Waals surface area contributed by atoms with Crippen LogP contribution in [0.15, 0.2) is 24.3 Å². The predicted octanol–water partition coefficient (Wildman–Crippen LogP) is 1.49. The second kappa shape index (κ2) is 6.54. The average Bonchev–Trinajstić information content (AvgIpc) is 2.27. The third-order valence-corrected chi connectivity index (χ3v) is 2.90. The Balaban J connectivity index is 3.01. The largest absolute Gasteiger partial charge is 0.480 e. The summed E-state index contributed by atoms with van der Waals surface area (Å²) in [5.41, 5.74) is 0.736. The van der Waals surface area contributed by atoms with Crippen LogP contribution in [0.5, 0.6) is 0 Å². The number of likely N-dealkylation sites (N-methyl/N-ethyl adjacent to an activating group) is 2. The summed E-state index contributed by atoms with van der Waals surface area (Å²) in [7, 11) is 4.99. The van der Waals surface area contributed by atoms with Crippen LogP contribution >= 0.6 is 11.6 Å². The zero-order valence-electron chi connectivity index (χ0n) is 11.1. The Kier molecular flexibility index (Phi) is 5.32. The van der Waals surface area contributed by atoms with E-state index in [1.165, 1.54) is 11.9 Å². The van der Waals surface area contributed by atoms with Crippen molar-refractivity contribution < 1.29 is 14.7 Å². The Morgan fingerprint density at radius 1 is 1.32 bits per heavy atom. The van der Waals surface area contributed by atoms with E-state index in [4.69, 9.17) is 16.7 Å². The number of carbonyl (C=O) groups is 2. The number of aliphatic carboxylic acids is 1. The molecular weight excluding hydrogens is 268 g/mol. The third kappa shape index (κ3) is 4.22. The fraction of sp³-hybridized carbons (Fsp3) is 0.385. The summed E-state index contributed by atoms with van der Waals surface area (Å²) < 4.78 is 0. The van der Waals surface area contributed by atoms with Gasteiger partial charge in [0.25, 0.3) is 0 Å². The number of carboxylic acid groups (broad SMARTS) is 1. The van der Waals surface area contributed by atoms with Gasteiger partial charge in [-0.2, -0.15) is 0 Å². The molecule has 1 unspecified atom stereocenters. The maximum Gasteiger partial charge on any atom is 0.323 e. The minimum atomic E-state index is -1.04. The lowest BCUT2D eigenvalue weighted by molar-refractivity contribution is -0.145. The van der Waals surface area contributed by atoms with Gasteiger partial charge in [0.1, 0.15) is 12.6 Å². The van der Waals surface area contributed by atoms with Gasteiger partial charge in [0.2, 0.25) is 5.91 Å². The van der Waals surface area contributed by atoms with Gasteiger partial charge in [-0.05, 0) is 31.8 Å². The van der Waals surface area contributed by atoms with E-state index in [1.807, 2.05) is 0 Å². The number of amides is 1. The quantitative estimate of drug-likeness (QED) is 0.890. The van der Waals surface area contributed by atoms with E-state index in [2.05, 4.69) is 0 Å². The molecule has 1 rings (SSSR count). The van der Waals surface area contributed by atoms with E-state index in [0.717, 1.165) is 5.56 Å². The van der Waals surface area contributed by atoms with E-state index in [-0.39, 0.29) is 12.5 Å². The number of rotatable bonds is 5. The number of carbonyl (C=O) groups excluding carboxylic acids is 1. The molecule has 0 aliphatic carbocycles. The molecule has 0 heterocycles. The van der Waals surface area contributed by atoms with E-state index < -0.39 is 12.0 Å². The van der Waals surface area contributed by atoms with Gasteiger partial charge < -0.3 is 10.0 Å². The Hall–Kier alpha value is -1.59. The first-order valence-electron chi connectivity index (χ1n) is 5.71. The summed E-state index contributed by atoms with van der Waals surface area (Å²) >= 11 is 5.92. The van der Waals surface area contributed by atoms with Crippen molar-refractivity contribution in [3.05, 3.63) is 34.9 Å². The second-order valence-electron chi connectivity index (χ2n) is 4.51. The summed E-state index contributed by atoms with van der Waals surface area (Å²) in [5.74, 6) is -1.32. The smallest absolute Gasteiger partial charge is 0.323 e. The van der Waals surface area contributed by atoms with Crippen molar-refractivity contribution >= 4 is 23.5 Å². The maximum atomic E-state index is 12.3. The van der Waals surface area contributed by atoms with Crippen molar-refractivity contribution in [3.8, 4) is 0 Å². The number of nitrogens with zero attached hydrogens (tertiary/aromatic N) is 2. The minimum Gasteiger partial charge on any atom is -0.480 e. The van der Waals surface area contributed by atoms with Crippen LogP contribution in [0.25, 0.3) is 0 Å². The van der Waals surface area contributed by atoms with Crippen LogP contribution in [-0.2, 0) is 9.59 Å². The molecule has 1 amide bonds. The van der Waals surface area contributed by atoms with E-state index in [9.17, 15) is 9.59 Å². The Morgan fingerprint density at radius 2 is 1.95 bits per heavy atom. The summed E-state index contributed by atoms with van der Waals surface area (Å²) in [6, 6.07) is 6.44. The molecular formula is C13H17ClN2O3. The average molecular weight is 285 g/mol. The minimum absolute atomic E-state index is 0.283. The highest BCUT2D eigenvalue weighted by Gasteiger charge is 2.26. The molecule has 0 aliphatic heterocycles. The first kappa shape index (κ1) is 15.5. The molecule has 0 radical (unpaired) electrons. The molecule has 0 fully saturated rings. The van der Waals surface area contributed by atoms with Crippen LogP contribution in [0, 0.1) is 0 Å². The SMILES string of the molecule is CN(CC(=O)O)C(=O)C(c1cccc(Cl)c1)N(C)C. The standard InChI is InChI=1S/C13H17ClN2O3/c1-15(2)12(9-5-4-6-10(14)7-9)13(19)16(3)8-11(17)18/h4-7,12H,8H2,1-3H3,(H,17,18). The van der Waals surface area contributed by atoms with Crippen LogP contribution in [0.1, 0.15) is 11.6 Å². The van der Waals surface area contributed by atoms with Crippen molar-refractivity contribution in [3.63, 3.8) is 0 Å². The van der Waals surface area contributed by atoms with Crippen LogP contribution < -0.4 is 0 Å². The Bertz CT molecular complexity index is 477. The van der Waals surface area contributed by atoms with Crippen LogP contribution in [-0.4, -0.2) is 54.5 Å². The van der Waals surface area contributed by atoms with E-state index in [1.54, 1.807) is 43.3 Å². The number of hydrogen-bond donors (Lipinski definition) is 1. The summed E-state index contributed by atoms with van der Waals surface area (Å²) in [4.78, 5) is 25.9. The van der Waals surface area contributed by atoms with Gasteiger partial charge in [0.05, 0.1) is 0 Å². The fourth-order valence-corrected chi connectivity index (χ4v) is 2.03. The summed E-state index contributed by atoms with van der Waals surface area (Å²) in [6.07, 6.45) is 0. The zero-order valence-corrected chi connectivity index (χ0v) is 11.9. The van der Waals surface area contributed by atoms with Crippen LogP contribution in [0.3, 0.4) is 0 Å². The second-order valence-corrected chi connectivity index (χ2v) is 4.95. The monoisotopic (exact) mass is 284 g/mol. The summed E-state index contributed by atoms with van der Waals surface area (Å²) in [6.45, 7) is -0.330. The highest BCUT2D eigenvalue weighted by atomic mass is 35.5. The van der Waals surface area contributed by atoms with E-state index >= 15 is 0 Å². The summed E-state index contributed by atoms with van der Waals surface area (Å²) in [5, 5.41) is 9.28. The Labute approximate surface area is 117 Å². The molecule has 6 heteroatoms. The number of benzene rings is 1. The van der Waals surface area contributed by atoms with Gasteiger partial charge in [-0.3, -0.25) is 14.5 Å². The van der Waals surface area contributed by atoms with E-state index in [0.29, 0.717) is 5.02 Å². The predicted molar refractivity (Wildman–Crippen MR) is 73.2 cm³/mol. The molecule has 104 valence electrons. The number of hydrogen-bond acceptors (Lipinski definition) is 3. The van der Waals surface area contributed by atoms with Crippen molar-refractivity contribution in [1.29, 1.82) is 0 Å². The molecule has 0 aliphatic rings. The lowest BCUT2D eigenvalue weighted by atomic mass is 10.0. The van der Waals surface area contributed by atoms with Gasteiger partial charge in [-0.1, -0.05) is 23.7 Å². The molecule has 0 spiro atoms. The van der Waals surface area contributed by atoms with Crippen molar-refractivity contribution in [1.82, 2.24) is 9.80 Å². The molecule has 0 saturated heterocycles. The van der Waals surface area contributed by atoms with Crippen LogP contribution in [0.2, 0.25) is 5.02 Å². The molecule has 1 N–H and O–H groups in total. The first-order valence-corrected chi connectivity index (χ1v) is 6.09. The number of halogens is 1.